The average Bonchev–Trinajstić information content (AvgIpc) is 2.14. The molecule has 1 rings (SSSR count). The van der Waals surface area contributed by atoms with Gasteiger partial charge in [0.2, 0.25) is 0 Å². The first kappa shape index (κ1) is 9.75. The molecule has 1 heterocycles. The Balaban J connectivity index is 1.97. The highest BCUT2D eigenvalue weighted by molar-refractivity contribution is 4.80. The van der Waals surface area contributed by atoms with E-state index < -0.39 is 0 Å². The number of nitrogens with one attached hydrogen (secondary N) is 1. The fourth-order valence-electron chi connectivity index (χ4n) is 1.44. The summed E-state index contributed by atoms with van der Waals surface area (Å²) in [7, 11) is 0. The minimum absolute atomic E-state index is 0.837. The third-order valence-electron chi connectivity index (χ3n) is 2.27. The van der Waals surface area contributed by atoms with E-state index in [4.69, 9.17) is 4.74 Å². The minimum Gasteiger partial charge on any atom is -0.381 e. The van der Waals surface area contributed by atoms with E-state index in [0.29, 0.717) is 0 Å². The van der Waals surface area contributed by atoms with Gasteiger partial charge in [-0.25, -0.2) is 0 Å². The molecule has 0 amide bonds. The maximum absolute atomic E-state index is 5.29. The second kappa shape index (κ2) is 6.21. The number of hydrogen-bond acceptors (Lipinski definition) is 2. The summed E-state index contributed by atoms with van der Waals surface area (Å²) in [6, 6.07) is 0. The second-order valence-electron chi connectivity index (χ2n) is 3.28. The zero-order valence-electron chi connectivity index (χ0n) is 7.88. The monoisotopic (exact) mass is 169 g/mol. The summed E-state index contributed by atoms with van der Waals surface area (Å²) in [4.78, 5) is 0. The third-order valence-corrected chi connectivity index (χ3v) is 2.27. The molecule has 1 aliphatic heterocycles. The quantitative estimate of drug-likeness (QED) is 0.509. The highest BCUT2D eigenvalue weighted by Crippen LogP contribution is 2.12. The van der Waals surface area contributed by atoms with Gasteiger partial charge >= 0.3 is 0 Å². The van der Waals surface area contributed by atoms with Crippen LogP contribution < -0.4 is 5.32 Å². The van der Waals surface area contributed by atoms with Gasteiger partial charge in [0.15, 0.2) is 0 Å². The SMILES string of the molecule is C/C=C/CNCC1CCOCC1. The molecule has 0 aromatic carbocycles. The number of hydrogen-bond donors (Lipinski definition) is 1. The Kier molecular flexibility index (Phi) is 5.04. The molecule has 0 aromatic heterocycles. The lowest BCUT2D eigenvalue weighted by atomic mass is 10.0. The lowest BCUT2D eigenvalue weighted by Gasteiger charge is -2.21. The van der Waals surface area contributed by atoms with Crippen molar-refractivity contribution in [3.63, 3.8) is 0 Å². The predicted octanol–water partition coefficient (Wildman–Crippen LogP) is 1.58. The topological polar surface area (TPSA) is 21.3 Å². The molecule has 2 nitrogen and oxygen atoms in total. The molecule has 1 saturated heterocycles. The van der Waals surface area contributed by atoms with Crippen LogP contribution in [0.4, 0.5) is 0 Å². The summed E-state index contributed by atoms with van der Waals surface area (Å²) in [5.41, 5.74) is 0. The Hall–Kier alpha value is -0.340. The van der Waals surface area contributed by atoms with Crippen LogP contribution in [-0.4, -0.2) is 26.3 Å². The van der Waals surface area contributed by atoms with Crippen LogP contribution >= 0.6 is 0 Å². The van der Waals surface area contributed by atoms with Crippen molar-refractivity contribution in [3.05, 3.63) is 12.2 Å². The van der Waals surface area contributed by atoms with Gasteiger partial charge in [0.1, 0.15) is 0 Å². The first-order valence-electron chi connectivity index (χ1n) is 4.83. The molecule has 1 aliphatic rings. The Labute approximate surface area is 75.0 Å². The van der Waals surface area contributed by atoms with Crippen molar-refractivity contribution in [2.75, 3.05) is 26.3 Å². The van der Waals surface area contributed by atoms with Crippen molar-refractivity contribution in [1.29, 1.82) is 0 Å². The largest absolute Gasteiger partial charge is 0.381 e. The normalized spacial score (nSPS) is 20.4. The van der Waals surface area contributed by atoms with E-state index in [9.17, 15) is 0 Å². The molecule has 2 heteroatoms. The molecule has 0 atom stereocenters. The third kappa shape index (κ3) is 3.88. The van der Waals surface area contributed by atoms with Crippen LogP contribution in [0.25, 0.3) is 0 Å². The van der Waals surface area contributed by atoms with Gasteiger partial charge in [-0.3, -0.25) is 0 Å². The molecule has 0 unspecified atom stereocenters. The van der Waals surface area contributed by atoms with Crippen LogP contribution in [0, 0.1) is 5.92 Å². The molecule has 70 valence electrons. The van der Waals surface area contributed by atoms with Crippen molar-refractivity contribution in [2.24, 2.45) is 5.92 Å². The van der Waals surface area contributed by atoms with E-state index in [-0.39, 0.29) is 0 Å². The van der Waals surface area contributed by atoms with Gasteiger partial charge in [-0.15, -0.1) is 0 Å². The van der Waals surface area contributed by atoms with E-state index in [1.807, 2.05) is 0 Å². The van der Waals surface area contributed by atoms with E-state index in [0.717, 1.165) is 32.2 Å². The van der Waals surface area contributed by atoms with Crippen molar-refractivity contribution >= 4 is 0 Å². The highest BCUT2D eigenvalue weighted by Gasteiger charge is 2.12. The summed E-state index contributed by atoms with van der Waals surface area (Å²) < 4.78 is 5.29. The molecular formula is C10H19NO. The zero-order chi connectivity index (χ0) is 8.65. The lowest BCUT2D eigenvalue weighted by Crippen LogP contribution is -2.27. The van der Waals surface area contributed by atoms with Crippen molar-refractivity contribution in [3.8, 4) is 0 Å². The number of allylic oxidation sites excluding steroid dienone is 1. The Morgan fingerprint density at radius 3 is 2.83 bits per heavy atom. The van der Waals surface area contributed by atoms with Crippen LogP contribution in [0.3, 0.4) is 0 Å². The van der Waals surface area contributed by atoms with E-state index in [2.05, 4.69) is 24.4 Å². The lowest BCUT2D eigenvalue weighted by molar-refractivity contribution is 0.0666. The van der Waals surface area contributed by atoms with Crippen LogP contribution in [-0.2, 0) is 4.74 Å². The summed E-state index contributed by atoms with van der Waals surface area (Å²) >= 11 is 0. The summed E-state index contributed by atoms with van der Waals surface area (Å²) in [6.07, 6.45) is 6.68. The standard InChI is InChI=1S/C10H19NO/c1-2-3-6-11-9-10-4-7-12-8-5-10/h2-3,10-11H,4-9H2,1H3/b3-2+. The van der Waals surface area contributed by atoms with Crippen LogP contribution in [0.5, 0.6) is 0 Å². The molecule has 0 spiro atoms. The molecule has 0 radical (unpaired) electrons. The summed E-state index contributed by atoms with van der Waals surface area (Å²) in [6.45, 7) is 6.11. The molecule has 1 N–H and O–H groups in total. The van der Waals surface area contributed by atoms with Crippen LogP contribution in [0.2, 0.25) is 0 Å². The Bertz CT molecular complexity index is 128. The second-order valence-corrected chi connectivity index (χ2v) is 3.28. The first-order valence-corrected chi connectivity index (χ1v) is 4.83. The van der Waals surface area contributed by atoms with Gasteiger partial charge < -0.3 is 10.1 Å². The number of rotatable bonds is 4. The molecular weight excluding hydrogens is 150 g/mol. The molecule has 0 aliphatic carbocycles. The van der Waals surface area contributed by atoms with Crippen molar-refractivity contribution in [1.82, 2.24) is 5.32 Å². The van der Waals surface area contributed by atoms with Gasteiger partial charge in [-0.2, -0.15) is 0 Å². The van der Waals surface area contributed by atoms with Crippen LogP contribution in [0.15, 0.2) is 12.2 Å². The van der Waals surface area contributed by atoms with E-state index in [1.54, 1.807) is 0 Å². The fourth-order valence-corrected chi connectivity index (χ4v) is 1.44. The Morgan fingerprint density at radius 2 is 2.17 bits per heavy atom. The minimum atomic E-state index is 0.837. The molecule has 1 fully saturated rings. The smallest absolute Gasteiger partial charge is 0.0469 e. The fraction of sp³-hybridized carbons (Fsp3) is 0.800. The molecule has 12 heavy (non-hydrogen) atoms. The highest BCUT2D eigenvalue weighted by atomic mass is 16.5. The first-order chi connectivity index (χ1) is 5.93. The average molecular weight is 169 g/mol. The zero-order valence-corrected chi connectivity index (χ0v) is 7.88. The maximum Gasteiger partial charge on any atom is 0.0469 e. The van der Waals surface area contributed by atoms with Crippen molar-refractivity contribution in [2.45, 2.75) is 19.8 Å². The van der Waals surface area contributed by atoms with Crippen molar-refractivity contribution < 1.29 is 4.74 Å². The molecule has 0 bridgehead atoms. The summed E-state index contributed by atoms with van der Waals surface area (Å²) in [5.74, 6) is 0.837. The number of ether oxygens (including phenoxy) is 1. The van der Waals surface area contributed by atoms with Gasteiger partial charge in [0.25, 0.3) is 0 Å². The predicted molar refractivity (Wildman–Crippen MR) is 51.2 cm³/mol. The van der Waals surface area contributed by atoms with E-state index in [1.165, 1.54) is 12.8 Å². The van der Waals surface area contributed by atoms with Gasteiger partial charge in [0.05, 0.1) is 0 Å². The molecule has 0 aromatic rings. The van der Waals surface area contributed by atoms with Gasteiger partial charge in [-0.1, -0.05) is 12.2 Å². The van der Waals surface area contributed by atoms with Gasteiger partial charge in [0, 0.05) is 19.8 Å². The van der Waals surface area contributed by atoms with Gasteiger partial charge in [-0.05, 0) is 32.2 Å². The van der Waals surface area contributed by atoms with E-state index >= 15 is 0 Å². The Morgan fingerprint density at radius 1 is 1.42 bits per heavy atom. The maximum atomic E-state index is 5.29. The van der Waals surface area contributed by atoms with Crippen LogP contribution in [0.1, 0.15) is 19.8 Å². The molecule has 0 saturated carbocycles. The summed E-state index contributed by atoms with van der Waals surface area (Å²) in [5, 5.41) is 3.41.